The summed E-state index contributed by atoms with van der Waals surface area (Å²) < 4.78 is 34.8. The SMILES string of the molecule is CCC(/C=C1\Oc2ccc(-c3ccccc3)cc2N1c1ccccc1)=C\c1sc2ccccc2[n+]1CC(=O)NS(C)(=O)=O. The summed E-state index contributed by atoms with van der Waals surface area (Å²) in [5, 5.41) is 0.826. The van der Waals surface area contributed by atoms with E-state index in [2.05, 4.69) is 52.9 Å². The lowest BCUT2D eigenvalue weighted by Gasteiger charge is -2.19. The number of anilines is 2. The first-order chi connectivity index (χ1) is 20.8. The molecule has 216 valence electrons. The number of para-hydroxylation sites is 2. The van der Waals surface area contributed by atoms with Crippen LogP contribution in [0.4, 0.5) is 11.4 Å². The Hall–Kier alpha value is -4.73. The van der Waals surface area contributed by atoms with Gasteiger partial charge in [0.15, 0.2) is 5.75 Å². The highest BCUT2D eigenvalue weighted by atomic mass is 32.2. The molecule has 5 aromatic rings. The highest BCUT2D eigenvalue weighted by molar-refractivity contribution is 7.89. The van der Waals surface area contributed by atoms with Gasteiger partial charge in [-0.1, -0.05) is 85.0 Å². The number of carbonyl (C=O) groups is 1. The molecular formula is C34H30N3O4S2+. The fraction of sp³-hybridized carbons (Fsp3) is 0.118. The summed E-state index contributed by atoms with van der Waals surface area (Å²) in [5.41, 5.74) is 5.98. The van der Waals surface area contributed by atoms with Gasteiger partial charge in [0.2, 0.25) is 28.0 Å². The molecule has 0 aliphatic carbocycles. The first-order valence-electron chi connectivity index (χ1n) is 13.9. The Bertz CT molecular complexity index is 1980. The molecule has 1 amide bonds. The van der Waals surface area contributed by atoms with Crippen molar-refractivity contribution in [1.29, 1.82) is 0 Å². The highest BCUT2D eigenvalue weighted by Gasteiger charge is 2.29. The van der Waals surface area contributed by atoms with Gasteiger partial charge in [-0.25, -0.2) is 13.1 Å². The van der Waals surface area contributed by atoms with E-state index in [-0.39, 0.29) is 6.54 Å². The lowest BCUT2D eigenvalue weighted by molar-refractivity contribution is -0.655. The van der Waals surface area contributed by atoms with E-state index in [1.807, 2.05) is 83.4 Å². The monoisotopic (exact) mass is 608 g/mol. The predicted octanol–water partition coefficient (Wildman–Crippen LogP) is 6.80. The number of hydrogen-bond acceptors (Lipinski definition) is 6. The van der Waals surface area contributed by atoms with Crippen molar-refractivity contribution < 1.29 is 22.5 Å². The zero-order valence-corrected chi connectivity index (χ0v) is 25.4. The summed E-state index contributed by atoms with van der Waals surface area (Å²) in [6.45, 7) is 1.94. The molecule has 0 saturated heterocycles. The highest BCUT2D eigenvalue weighted by Crippen LogP contribution is 2.46. The van der Waals surface area contributed by atoms with E-state index in [4.69, 9.17) is 4.74 Å². The van der Waals surface area contributed by atoms with E-state index in [1.54, 1.807) is 11.3 Å². The molecule has 1 aliphatic heterocycles. The van der Waals surface area contributed by atoms with Crippen LogP contribution in [0.3, 0.4) is 0 Å². The number of amides is 1. The van der Waals surface area contributed by atoms with Gasteiger partial charge in [0, 0.05) is 23.9 Å². The summed E-state index contributed by atoms with van der Waals surface area (Å²) in [6.07, 6.45) is 5.74. The van der Waals surface area contributed by atoms with Crippen LogP contribution >= 0.6 is 11.3 Å². The zero-order valence-electron chi connectivity index (χ0n) is 23.7. The van der Waals surface area contributed by atoms with Crippen molar-refractivity contribution in [1.82, 2.24) is 4.72 Å². The van der Waals surface area contributed by atoms with Gasteiger partial charge in [-0.3, -0.25) is 9.69 Å². The fourth-order valence-corrected chi connectivity index (χ4v) is 6.69. The number of carbonyl (C=O) groups excluding carboxylic acids is 1. The Labute approximate surface area is 255 Å². The molecule has 1 aliphatic rings. The molecule has 6 rings (SSSR count). The number of sulfonamides is 1. The largest absolute Gasteiger partial charge is 0.438 e. The zero-order chi connectivity index (χ0) is 30.0. The van der Waals surface area contributed by atoms with Gasteiger partial charge in [0.1, 0.15) is 4.70 Å². The van der Waals surface area contributed by atoms with E-state index < -0.39 is 15.9 Å². The topological polar surface area (TPSA) is 79.6 Å². The van der Waals surface area contributed by atoms with Crippen LogP contribution in [0.2, 0.25) is 0 Å². The molecule has 2 heterocycles. The van der Waals surface area contributed by atoms with Gasteiger partial charge in [0.25, 0.3) is 10.9 Å². The second-order valence-electron chi connectivity index (χ2n) is 10.2. The molecule has 1 N–H and O–H groups in total. The van der Waals surface area contributed by atoms with Gasteiger partial charge in [-0.15, -0.1) is 0 Å². The minimum Gasteiger partial charge on any atom is -0.438 e. The minimum absolute atomic E-state index is 0.128. The lowest BCUT2D eigenvalue weighted by atomic mass is 10.0. The first kappa shape index (κ1) is 28.4. The van der Waals surface area contributed by atoms with Gasteiger partial charge in [-0.05, 0) is 53.5 Å². The summed E-state index contributed by atoms with van der Waals surface area (Å²) in [7, 11) is -3.67. The normalized spacial score (nSPS) is 14.1. The van der Waals surface area contributed by atoms with E-state index in [0.717, 1.165) is 55.3 Å². The maximum absolute atomic E-state index is 12.6. The number of nitrogens with one attached hydrogen (secondary N) is 1. The molecule has 9 heteroatoms. The molecular weight excluding hydrogens is 579 g/mol. The van der Waals surface area contributed by atoms with E-state index in [0.29, 0.717) is 12.3 Å². The van der Waals surface area contributed by atoms with Crippen LogP contribution < -0.4 is 18.9 Å². The molecule has 1 aromatic heterocycles. The minimum atomic E-state index is -3.67. The number of thiazole rings is 1. The molecule has 43 heavy (non-hydrogen) atoms. The Balaban J connectivity index is 1.42. The van der Waals surface area contributed by atoms with Gasteiger partial charge in [-0.2, -0.15) is 4.57 Å². The number of aromatic nitrogens is 1. The van der Waals surface area contributed by atoms with Crippen molar-refractivity contribution in [2.75, 3.05) is 11.2 Å². The third-order valence-electron chi connectivity index (χ3n) is 7.02. The van der Waals surface area contributed by atoms with Crippen LogP contribution in [-0.4, -0.2) is 20.6 Å². The Morgan fingerprint density at radius 2 is 1.63 bits per heavy atom. The molecule has 0 spiro atoms. The van der Waals surface area contributed by atoms with Crippen LogP contribution in [0.15, 0.2) is 121 Å². The number of fused-ring (bicyclic) bond motifs is 2. The summed E-state index contributed by atoms with van der Waals surface area (Å²) in [4.78, 5) is 14.8. The average Bonchev–Trinajstić information content (AvgIpc) is 3.53. The third kappa shape index (κ3) is 6.23. The fourth-order valence-electron chi connectivity index (χ4n) is 5.07. The molecule has 0 atom stereocenters. The van der Waals surface area contributed by atoms with Crippen molar-refractivity contribution in [3.05, 3.63) is 126 Å². The quantitative estimate of drug-likeness (QED) is 0.196. The second kappa shape index (κ2) is 11.9. The van der Waals surface area contributed by atoms with E-state index in [1.165, 1.54) is 0 Å². The van der Waals surface area contributed by atoms with Crippen LogP contribution in [0.1, 0.15) is 18.4 Å². The number of hydrogen-bond donors (Lipinski definition) is 1. The van der Waals surface area contributed by atoms with Crippen molar-refractivity contribution in [2.24, 2.45) is 0 Å². The molecule has 0 radical (unpaired) electrons. The molecule has 7 nitrogen and oxygen atoms in total. The molecule has 4 aromatic carbocycles. The van der Waals surface area contributed by atoms with Gasteiger partial charge < -0.3 is 4.74 Å². The van der Waals surface area contributed by atoms with Crippen molar-refractivity contribution in [2.45, 2.75) is 19.9 Å². The van der Waals surface area contributed by atoms with Crippen LogP contribution in [-0.2, 0) is 21.4 Å². The van der Waals surface area contributed by atoms with Crippen molar-refractivity contribution >= 4 is 54.9 Å². The molecule has 0 unspecified atom stereocenters. The third-order valence-corrected chi connectivity index (χ3v) is 8.73. The van der Waals surface area contributed by atoms with Crippen LogP contribution in [0, 0.1) is 0 Å². The Kier molecular flexibility index (Phi) is 7.84. The van der Waals surface area contributed by atoms with Crippen molar-refractivity contribution in [3.63, 3.8) is 0 Å². The first-order valence-corrected chi connectivity index (χ1v) is 16.6. The molecule has 0 fully saturated rings. The summed E-state index contributed by atoms with van der Waals surface area (Å²) in [6, 6.07) is 34.3. The van der Waals surface area contributed by atoms with Gasteiger partial charge in [0.05, 0.1) is 11.9 Å². The number of ether oxygens (including phenoxy) is 1. The van der Waals surface area contributed by atoms with E-state index >= 15 is 0 Å². The Morgan fingerprint density at radius 1 is 0.930 bits per heavy atom. The summed E-state index contributed by atoms with van der Waals surface area (Å²) >= 11 is 1.54. The number of nitrogens with zero attached hydrogens (tertiary/aromatic N) is 2. The number of benzene rings is 4. The Morgan fingerprint density at radius 3 is 2.35 bits per heavy atom. The predicted molar refractivity (Wildman–Crippen MR) is 172 cm³/mol. The summed E-state index contributed by atoms with van der Waals surface area (Å²) in [5.74, 6) is 0.836. The number of rotatable bonds is 8. The van der Waals surface area contributed by atoms with E-state index in [9.17, 15) is 13.2 Å². The number of allylic oxidation sites excluding steroid dienone is 2. The molecule has 0 bridgehead atoms. The average molecular weight is 609 g/mol. The van der Waals surface area contributed by atoms with Crippen LogP contribution in [0.25, 0.3) is 27.4 Å². The lowest BCUT2D eigenvalue weighted by Crippen LogP contribution is -2.45. The van der Waals surface area contributed by atoms with Gasteiger partial charge >= 0.3 is 0 Å². The second-order valence-corrected chi connectivity index (χ2v) is 13.0. The molecule has 0 saturated carbocycles. The smallest absolute Gasteiger partial charge is 0.299 e. The maximum atomic E-state index is 12.6. The maximum Gasteiger partial charge on any atom is 0.299 e. The van der Waals surface area contributed by atoms with Crippen LogP contribution in [0.5, 0.6) is 5.75 Å². The van der Waals surface area contributed by atoms with Crippen molar-refractivity contribution in [3.8, 4) is 16.9 Å². The standard InChI is InChI=1S/C34H29N3O4S2/c1-3-24(21-34-36(23-32(38)35-43(2,39)40)28-16-10-11-17-31(28)42-34)20-33-37(27-14-8-5-9-15-27)29-22-26(18-19-30(29)41-33)25-12-6-4-7-13-25/h4-22H,3,23H2,1-2H3/p+1.